The Morgan fingerprint density at radius 1 is 1.42 bits per heavy atom. The molecule has 0 bridgehead atoms. The number of aliphatic hydroxyl groups is 1. The molecule has 0 saturated carbocycles. The van der Waals surface area contributed by atoms with E-state index in [-0.39, 0.29) is 30.8 Å². The molecule has 1 atom stereocenters. The lowest BCUT2D eigenvalue weighted by atomic mass is 10.0. The van der Waals surface area contributed by atoms with Crippen LogP contribution in [0.5, 0.6) is 0 Å². The fourth-order valence-electron chi connectivity index (χ4n) is 1.99. The summed E-state index contributed by atoms with van der Waals surface area (Å²) < 4.78 is 32.2. The van der Waals surface area contributed by atoms with Crippen LogP contribution in [0.2, 0.25) is 0 Å². The minimum atomic E-state index is -0.973. The number of ether oxygens (including phenoxy) is 1. The number of benzene rings is 1. The van der Waals surface area contributed by atoms with E-state index >= 15 is 0 Å². The first kappa shape index (κ1) is 13.9. The Morgan fingerprint density at radius 2 is 2.11 bits per heavy atom. The smallest absolute Gasteiger partial charge is 0.131 e. The summed E-state index contributed by atoms with van der Waals surface area (Å²) in [7, 11) is 0. The van der Waals surface area contributed by atoms with Gasteiger partial charge in [0.1, 0.15) is 17.2 Å². The third-order valence-corrected chi connectivity index (χ3v) is 3.11. The minimum absolute atomic E-state index is 0.0499. The summed E-state index contributed by atoms with van der Waals surface area (Å²) in [4.78, 5) is 0. The van der Waals surface area contributed by atoms with E-state index in [1.54, 1.807) is 6.07 Å². The van der Waals surface area contributed by atoms with Gasteiger partial charge in [-0.3, -0.25) is 0 Å². The van der Waals surface area contributed by atoms with E-state index in [0.717, 1.165) is 12.1 Å². The van der Waals surface area contributed by atoms with Crippen molar-refractivity contribution < 1.29 is 18.6 Å². The average Bonchev–Trinajstić information content (AvgIpc) is 2.79. The molecule has 19 heavy (non-hydrogen) atoms. The summed E-state index contributed by atoms with van der Waals surface area (Å²) in [5, 5.41) is 21.4. The van der Waals surface area contributed by atoms with Crippen LogP contribution in [-0.4, -0.2) is 30.5 Å². The Balaban J connectivity index is 1.98. The standard InChI is InChI=1S/C13H14F2N2O2/c14-11-3-9(5-16)4-12(15)10(11)6-17-7-13(18)1-2-19-8-13/h3-4,17-18H,1-2,6-8H2. The maximum Gasteiger partial charge on any atom is 0.131 e. The molecule has 0 aromatic heterocycles. The lowest BCUT2D eigenvalue weighted by Crippen LogP contribution is -2.41. The molecular weight excluding hydrogens is 254 g/mol. The Kier molecular flexibility index (Phi) is 4.10. The topological polar surface area (TPSA) is 65.3 Å². The maximum atomic E-state index is 13.6. The van der Waals surface area contributed by atoms with E-state index in [0.29, 0.717) is 13.0 Å². The number of nitrogens with one attached hydrogen (secondary N) is 1. The summed E-state index contributed by atoms with van der Waals surface area (Å²) >= 11 is 0. The quantitative estimate of drug-likeness (QED) is 0.857. The van der Waals surface area contributed by atoms with Gasteiger partial charge >= 0.3 is 0 Å². The molecule has 2 N–H and O–H groups in total. The second kappa shape index (κ2) is 5.61. The van der Waals surface area contributed by atoms with E-state index in [2.05, 4.69) is 5.32 Å². The molecule has 1 aliphatic rings. The van der Waals surface area contributed by atoms with Crippen LogP contribution >= 0.6 is 0 Å². The highest BCUT2D eigenvalue weighted by Gasteiger charge is 2.31. The number of nitriles is 1. The van der Waals surface area contributed by atoms with E-state index in [9.17, 15) is 13.9 Å². The fraction of sp³-hybridized carbons (Fsp3) is 0.462. The van der Waals surface area contributed by atoms with Gasteiger partial charge in [-0.1, -0.05) is 0 Å². The van der Waals surface area contributed by atoms with Crippen LogP contribution in [0, 0.1) is 23.0 Å². The van der Waals surface area contributed by atoms with Crippen molar-refractivity contribution in [2.75, 3.05) is 19.8 Å². The van der Waals surface area contributed by atoms with E-state index in [1.165, 1.54) is 0 Å². The van der Waals surface area contributed by atoms with Gasteiger partial charge in [-0.2, -0.15) is 5.26 Å². The molecule has 1 aliphatic heterocycles. The van der Waals surface area contributed by atoms with Crippen LogP contribution in [0.15, 0.2) is 12.1 Å². The predicted octanol–water partition coefficient (Wildman–Crippen LogP) is 1.08. The predicted molar refractivity (Wildman–Crippen MR) is 63.2 cm³/mol. The van der Waals surface area contributed by atoms with Gasteiger partial charge in [0.25, 0.3) is 0 Å². The van der Waals surface area contributed by atoms with E-state index < -0.39 is 17.2 Å². The van der Waals surface area contributed by atoms with Gasteiger partial charge in [-0.25, -0.2) is 8.78 Å². The summed E-state index contributed by atoms with van der Waals surface area (Å²) in [5.41, 5.74) is -1.16. The molecule has 0 aliphatic carbocycles. The van der Waals surface area contributed by atoms with Crippen LogP contribution < -0.4 is 5.32 Å². The second-order valence-corrected chi connectivity index (χ2v) is 4.66. The molecule has 0 amide bonds. The molecule has 1 saturated heterocycles. The Labute approximate surface area is 109 Å². The first-order chi connectivity index (χ1) is 9.04. The van der Waals surface area contributed by atoms with Gasteiger partial charge in [0.2, 0.25) is 0 Å². The lowest BCUT2D eigenvalue weighted by molar-refractivity contribution is 0.0267. The van der Waals surface area contributed by atoms with Crippen LogP contribution in [0.25, 0.3) is 0 Å². The molecule has 4 nitrogen and oxygen atoms in total. The van der Waals surface area contributed by atoms with E-state index in [4.69, 9.17) is 10.00 Å². The molecule has 1 fully saturated rings. The normalized spacial score (nSPS) is 22.4. The SMILES string of the molecule is N#Cc1cc(F)c(CNCC2(O)CCOC2)c(F)c1. The second-order valence-electron chi connectivity index (χ2n) is 4.66. The number of hydrogen-bond donors (Lipinski definition) is 2. The zero-order chi connectivity index (χ0) is 13.9. The molecule has 1 aromatic rings. The van der Waals surface area contributed by atoms with Crippen LogP contribution in [0.1, 0.15) is 17.5 Å². The zero-order valence-electron chi connectivity index (χ0n) is 10.2. The molecule has 1 unspecified atom stereocenters. The Hall–Kier alpha value is -1.55. The van der Waals surface area contributed by atoms with Crippen molar-refractivity contribution in [3.8, 4) is 6.07 Å². The van der Waals surface area contributed by atoms with Crippen molar-refractivity contribution in [3.05, 3.63) is 34.9 Å². The molecule has 0 radical (unpaired) electrons. The van der Waals surface area contributed by atoms with Crippen molar-refractivity contribution in [3.63, 3.8) is 0 Å². The first-order valence-electron chi connectivity index (χ1n) is 5.93. The van der Waals surface area contributed by atoms with Crippen molar-refractivity contribution in [2.24, 2.45) is 0 Å². The highest BCUT2D eigenvalue weighted by atomic mass is 19.1. The van der Waals surface area contributed by atoms with Gasteiger partial charge in [-0.05, 0) is 12.1 Å². The van der Waals surface area contributed by atoms with Gasteiger partial charge in [0.05, 0.1) is 18.2 Å². The minimum Gasteiger partial charge on any atom is -0.386 e. The first-order valence-corrected chi connectivity index (χ1v) is 5.93. The largest absolute Gasteiger partial charge is 0.386 e. The van der Waals surface area contributed by atoms with Crippen LogP contribution in [0.3, 0.4) is 0 Å². The third kappa shape index (κ3) is 3.26. The molecule has 6 heteroatoms. The zero-order valence-corrected chi connectivity index (χ0v) is 10.2. The summed E-state index contributed by atoms with van der Waals surface area (Å²) in [6.45, 7) is 0.855. The summed E-state index contributed by atoms with van der Waals surface area (Å²) in [5.74, 6) is -1.53. The average molecular weight is 268 g/mol. The van der Waals surface area contributed by atoms with Gasteiger partial charge in [0, 0.05) is 31.7 Å². The number of nitrogens with zero attached hydrogens (tertiary/aromatic N) is 1. The highest BCUT2D eigenvalue weighted by molar-refractivity contribution is 5.34. The molecular formula is C13H14F2N2O2. The van der Waals surface area contributed by atoms with Crippen molar-refractivity contribution in [1.82, 2.24) is 5.32 Å². The number of halogens is 2. The Bertz CT molecular complexity index is 485. The number of rotatable bonds is 4. The summed E-state index contributed by atoms with van der Waals surface area (Å²) in [6.07, 6.45) is 0.498. The lowest BCUT2D eigenvalue weighted by Gasteiger charge is -2.20. The van der Waals surface area contributed by atoms with Crippen LogP contribution in [0.4, 0.5) is 8.78 Å². The Morgan fingerprint density at radius 3 is 2.63 bits per heavy atom. The van der Waals surface area contributed by atoms with Crippen LogP contribution in [-0.2, 0) is 11.3 Å². The fourth-order valence-corrected chi connectivity index (χ4v) is 1.99. The van der Waals surface area contributed by atoms with E-state index in [1.807, 2.05) is 0 Å². The van der Waals surface area contributed by atoms with Crippen molar-refractivity contribution >= 4 is 0 Å². The van der Waals surface area contributed by atoms with Crippen molar-refractivity contribution in [2.45, 2.75) is 18.6 Å². The van der Waals surface area contributed by atoms with Gasteiger partial charge in [-0.15, -0.1) is 0 Å². The van der Waals surface area contributed by atoms with Gasteiger partial charge in [0.15, 0.2) is 0 Å². The highest BCUT2D eigenvalue weighted by Crippen LogP contribution is 2.18. The summed E-state index contributed by atoms with van der Waals surface area (Å²) in [6, 6.07) is 3.67. The molecule has 2 rings (SSSR count). The monoisotopic (exact) mass is 268 g/mol. The molecule has 1 heterocycles. The molecule has 102 valence electrons. The maximum absolute atomic E-state index is 13.6. The third-order valence-electron chi connectivity index (χ3n) is 3.11. The number of hydrogen-bond acceptors (Lipinski definition) is 4. The molecule has 1 aromatic carbocycles. The van der Waals surface area contributed by atoms with Gasteiger partial charge < -0.3 is 15.2 Å². The van der Waals surface area contributed by atoms with Crippen molar-refractivity contribution in [1.29, 1.82) is 5.26 Å². The molecule has 0 spiro atoms.